The first kappa shape index (κ1) is 17.0. The van der Waals surface area contributed by atoms with Gasteiger partial charge in [-0.15, -0.1) is 11.3 Å². The van der Waals surface area contributed by atoms with E-state index in [-0.39, 0.29) is 6.10 Å². The highest BCUT2D eigenvalue weighted by Gasteiger charge is 2.29. The maximum Gasteiger partial charge on any atom is 0.358 e. The highest BCUT2D eigenvalue weighted by molar-refractivity contribution is 7.15. The molecule has 0 aromatic carbocycles. The van der Waals surface area contributed by atoms with Crippen LogP contribution in [0.1, 0.15) is 21.8 Å². The van der Waals surface area contributed by atoms with Crippen molar-refractivity contribution >= 4 is 34.7 Å². The molecule has 134 valence electrons. The predicted octanol–water partition coefficient (Wildman–Crippen LogP) is 3.59. The lowest BCUT2D eigenvalue weighted by Crippen LogP contribution is -2.25. The molecule has 0 unspecified atom stereocenters. The number of nitrogens with zero attached hydrogens (tertiary/aromatic N) is 4. The molecule has 1 fully saturated rings. The van der Waals surface area contributed by atoms with E-state index in [4.69, 9.17) is 20.8 Å². The molecular formula is C17H15ClN4O3S. The zero-order valence-electron chi connectivity index (χ0n) is 13.9. The summed E-state index contributed by atoms with van der Waals surface area (Å²) in [5.41, 5.74) is 0.336. The third-order valence-corrected chi connectivity index (χ3v) is 5.22. The highest BCUT2D eigenvalue weighted by atomic mass is 35.5. The van der Waals surface area contributed by atoms with Gasteiger partial charge in [0.2, 0.25) is 0 Å². The molecule has 9 heteroatoms. The molecule has 7 nitrogen and oxygen atoms in total. The van der Waals surface area contributed by atoms with Gasteiger partial charge in [0.05, 0.1) is 25.2 Å². The number of rotatable bonds is 4. The van der Waals surface area contributed by atoms with E-state index >= 15 is 0 Å². The fourth-order valence-electron chi connectivity index (χ4n) is 2.82. The molecule has 0 radical (unpaired) electrons. The summed E-state index contributed by atoms with van der Waals surface area (Å²) in [6.07, 6.45) is 5.21. The molecule has 1 aliphatic rings. The number of aromatic nitrogens is 3. The quantitative estimate of drug-likeness (QED) is 0.629. The van der Waals surface area contributed by atoms with Gasteiger partial charge in [0.15, 0.2) is 16.5 Å². The monoisotopic (exact) mass is 390 g/mol. The van der Waals surface area contributed by atoms with E-state index in [1.807, 2.05) is 17.9 Å². The minimum atomic E-state index is -0.416. The van der Waals surface area contributed by atoms with E-state index in [1.165, 1.54) is 17.5 Å². The maximum atomic E-state index is 12.5. The smallest absolute Gasteiger partial charge is 0.358 e. The van der Waals surface area contributed by atoms with Crippen molar-refractivity contribution in [3.63, 3.8) is 0 Å². The Morgan fingerprint density at radius 2 is 2.31 bits per heavy atom. The number of halogens is 1. The van der Waals surface area contributed by atoms with E-state index < -0.39 is 5.97 Å². The van der Waals surface area contributed by atoms with Crippen LogP contribution in [0.25, 0.3) is 10.8 Å². The molecule has 0 aliphatic carbocycles. The van der Waals surface area contributed by atoms with Crippen molar-refractivity contribution in [2.24, 2.45) is 0 Å². The van der Waals surface area contributed by atoms with Crippen LogP contribution in [0.4, 0.5) is 5.82 Å². The number of hydrogen-bond donors (Lipinski definition) is 0. The standard InChI is InChI=1S/C17H15ClN4O3S/c1-10-15(21-16(26-10)12-3-2-6-24-12)17(23)25-11-4-5-22(9-11)14-8-19-7-13(18)20-14/h2-3,6-8,11H,4-5,9H2,1H3/t11-/m0/s1. The first-order chi connectivity index (χ1) is 12.6. The lowest BCUT2D eigenvalue weighted by Gasteiger charge is -2.17. The molecular weight excluding hydrogens is 376 g/mol. The number of ether oxygens (including phenoxy) is 1. The van der Waals surface area contributed by atoms with Crippen LogP contribution in [0, 0.1) is 6.92 Å². The lowest BCUT2D eigenvalue weighted by atomic mass is 10.3. The number of carbonyl (C=O) groups is 1. The van der Waals surface area contributed by atoms with Crippen LogP contribution >= 0.6 is 22.9 Å². The number of aryl methyl sites for hydroxylation is 1. The summed E-state index contributed by atoms with van der Waals surface area (Å²) in [4.78, 5) is 28.0. The Balaban J connectivity index is 1.43. The molecule has 1 atom stereocenters. The number of anilines is 1. The fourth-order valence-corrected chi connectivity index (χ4v) is 3.83. The average Bonchev–Trinajstić information content (AvgIpc) is 3.34. The van der Waals surface area contributed by atoms with Crippen LogP contribution in [0.2, 0.25) is 5.15 Å². The summed E-state index contributed by atoms with van der Waals surface area (Å²) in [5.74, 6) is 0.908. The van der Waals surface area contributed by atoms with Crippen molar-refractivity contribution < 1.29 is 13.9 Å². The second-order valence-corrected chi connectivity index (χ2v) is 7.45. The van der Waals surface area contributed by atoms with E-state index in [0.717, 1.165) is 11.4 Å². The highest BCUT2D eigenvalue weighted by Crippen LogP contribution is 2.29. The van der Waals surface area contributed by atoms with Crippen LogP contribution < -0.4 is 4.90 Å². The van der Waals surface area contributed by atoms with Gasteiger partial charge in [-0.3, -0.25) is 4.98 Å². The van der Waals surface area contributed by atoms with Crippen molar-refractivity contribution in [1.29, 1.82) is 0 Å². The van der Waals surface area contributed by atoms with Gasteiger partial charge in [0, 0.05) is 17.8 Å². The Morgan fingerprint density at radius 1 is 1.42 bits per heavy atom. The summed E-state index contributed by atoms with van der Waals surface area (Å²) in [6, 6.07) is 3.60. The van der Waals surface area contributed by atoms with Gasteiger partial charge in [-0.05, 0) is 19.1 Å². The third-order valence-electron chi connectivity index (χ3n) is 4.06. The summed E-state index contributed by atoms with van der Waals surface area (Å²) in [5, 5.41) is 1.01. The van der Waals surface area contributed by atoms with Gasteiger partial charge < -0.3 is 14.1 Å². The molecule has 0 amide bonds. The van der Waals surface area contributed by atoms with Gasteiger partial charge in [0.1, 0.15) is 17.1 Å². The van der Waals surface area contributed by atoms with Crippen LogP contribution in [0.3, 0.4) is 0 Å². The van der Waals surface area contributed by atoms with E-state index in [1.54, 1.807) is 18.5 Å². The lowest BCUT2D eigenvalue weighted by molar-refractivity contribution is 0.0341. The molecule has 4 heterocycles. The van der Waals surface area contributed by atoms with Gasteiger partial charge in [-0.1, -0.05) is 11.6 Å². The molecule has 0 bridgehead atoms. The van der Waals surface area contributed by atoms with Crippen molar-refractivity contribution in [2.45, 2.75) is 19.4 Å². The van der Waals surface area contributed by atoms with Crippen molar-refractivity contribution in [2.75, 3.05) is 18.0 Å². The van der Waals surface area contributed by atoms with E-state index in [2.05, 4.69) is 15.0 Å². The Morgan fingerprint density at radius 3 is 3.08 bits per heavy atom. The van der Waals surface area contributed by atoms with Gasteiger partial charge in [0.25, 0.3) is 0 Å². The number of hydrogen-bond acceptors (Lipinski definition) is 8. The minimum Gasteiger partial charge on any atom is -0.462 e. The number of esters is 1. The Labute approximate surface area is 158 Å². The summed E-state index contributed by atoms with van der Waals surface area (Å²) in [6.45, 7) is 3.12. The van der Waals surface area contributed by atoms with E-state index in [0.29, 0.717) is 40.4 Å². The number of thiazole rings is 1. The zero-order chi connectivity index (χ0) is 18.1. The molecule has 4 rings (SSSR count). The SMILES string of the molecule is Cc1sc(-c2ccco2)nc1C(=O)O[C@H]1CCN(c2cncc(Cl)n2)C1. The Bertz CT molecular complexity index is 928. The second-order valence-electron chi connectivity index (χ2n) is 5.86. The topological polar surface area (TPSA) is 81.4 Å². The predicted molar refractivity (Wildman–Crippen MR) is 97.6 cm³/mol. The molecule has 0 N–H and O–H groups in total. The molecule has 0 saturated carbocycles. The second kappa shape index (κ2) is 7.05. The first-order valence-corrected chi connectivity index (χ1v) is 9.24. The molecule has 1 saturated heterocycles. The average molecular weight is 391 g/mol. The molecule has 1 aliphatic heterocycles. The Kier molecular flexibility index (Phi) is 4.60. The first-order valence-electron chi connectivity index (χ1n) is 8.05. The van der Waals surface area contributed by atoms with Crippen LogP contribution in [-0.2, 0) is 4.74 Å². The summed E-state index contributed by atoms with van der Waals surface area (Å²) in [7, 11) is 0. The summed E-state index contributed by atoms with van der Waals surface area (Å²) >= 11 is 7.29. The van der Waals surface area contributed by atoms with Crippen LogP contribution in [0.15, 0.2) is 35.2 Å². The van der Waals surface area contributed by atoms with Crippen LogP contribution in [0.5, 0.6) is 0 Å². The largest absolute Gasteiger partial charge is 0.462 e. The van der Waals surface area contributed by atoms with E-state index in [9.17, 15) is 4.79 Å². The maximum absolute atomic E-state index is 12.5. The molecule has 3 aromatic heterocycles. The fraction of sp³-hybridized carbons (Fsp3) is 0.294. The van der Waals surface area contributed by atoms with Gasteiger partial charge in [-0.2, -0.15) is 0 Å². The van der Waals surface area contributed by atoms with Crippen molar-refractivity contribution in [1.82, 2.24) is 15.0 Å². The minimum absolute atomic E-state index is 0.226. The zero-order valence-corrected chi connectivity index (χ0v) is 15.5. The third kappa shape index (κ3) is 3.42. The normalized spacial score (nSPS) is 16.8. The van der Waals surface area contributed by atoms with Gasteiger partial charge in [-0.25, -0.2) is 14.8 Å². The number of carbonyl (C=O) groups excluding carboxylic acids is 1. The molecule has 0 spiro atoms. The molecule has 3 aromatic rings. The van der Waals surface area contributed by atoms with Gasteiger partial charge >= 0.3 is 5.97 Å². The molecule has 26 heavy (non-hydrogen) atoms. The van der Waals surface area contributed by atoms with Crippen molar-refractivity contribution in [3.8, 4) is 10.8 Å². The summed E-state index contributed by atoms with van der Waals surface area (Å²) < 4.78 is 11.0. The van der Waals surface area contributed by atoms with Crippen molar-refractivity contribution in [3.05, 3.63) is 46.5 Å². The van der Waals surface area contributed by atoms with Crippen LogP contribution in [-0.4, -0.2) is 40.1 Å². The Hall–Kier alpha value is -2.45. The number of furan rings is 1.